The van der Waals surface area contributed by atoms with Gasteiger partial charge in [0.25, 0.3) is 0 Å². The number of nitrogens with one attached hydrogen (secondary N) is 1. The molecule has 3 aromatic carbocycles. The molecule has 38 heavy (non-hydrogen) atoms. The summed E-state index contributed by atoms with van der Waals surface area (Å²) in [5.41, 5.74) is 4.89. The average molecular weight is 512 g/mol. The Morgan fingerprint density at radius 1 is 0.947 bits per heavy atom. The van der Waals surface area contributed by atoms with Gasteiger partial charge in [0.15, 0.2) is 5.78 Å². The number of esters is 1. The molecule has 6 heteroatoms. The van der Waals surface area contributed by atoms with E-state index in [0.29, 0.717) is 24.3 Å². The molecule has 1 aliphatic rings. The zero-order valence-corrected chi connectivity index (χ0v) is 21.8. The van der Waals surface area contributed by atoms with Crippen LogP contribution in [0.15, 0.2) is 84.9 Å². The van der Waals surface area contributed by atoms with Crippen molar-refractivity contribution < 1.29 is 23.9 Å². The molecule has 0 saturated carbocycles. The van der Waals surface area contributed by atoms with E-state index in [1.165, 1.54) is 30.4 Å². The number of carbonyl (C=O) groups excluding carboxylic acids is 3. The van der Waals surface area contributed by atoms with E-state index >= 15 is 0 Å². The zero-order chi connectivity index (χ0) is 26.9. The number of allylic oxidation sites excluding steroid dienone is 1. The Hall–Kier alpha value is -4.19. The molecule has 2 atom stereocenters. The Morgan fingerprint density at radius 3 is 2.39 bits per heavy atom. The van der Waals surface area contributed by atoms with Crippen molar-refractivity contribution in [3.63, 3.8) is 0 Å². The molecule has 6 nitrogen and oxygen atoms in total. The van der Waals surface area contributed by atoms with Crippen LogP contribution in [0.25, 0.3) is 0 Å². The first-order chi connectivity index (χ1) is 18.4. The minimum absolute atomic E-state index is 0.00965. The number of hydrogen-bond donors (Lipinski definition) is 1. The first kappa shape index (κ1) is 26.9. The van der Waals surface area contributed by atoms with Crippen LogP contribution < -0.4 is 10.1 Å². The number of methoxy groups -OCH3 is 1. The van der Waals surface area contributed by atoms with Crippen LogP contribution in [0.3, 0.4) is 0 Å². The van der Waals surface area contributed by atoms with Crippen LogP contribution in [-0.4, -0.2) is 24.8 Å². The van der Waals surface area contributed by atoms with Crippen LogP contribution in [0.2, 0.25) is 0 Å². The molecule has 0 aromatic heterocycles. The molecular weight excluding hydrogens is 478 g/mol. The number of rotatable bonds is 10. The highest BCUT2D eigenvalue weighted by Crippen LogP contribution is 2.29. The first-order valence-electron chi connectivity index (χ1n) is 12.9. The van der Waals surface area contributed by atoms with Gasteiger partial charge in [0.2, 0.25) is 5.91 Å². The number of fused-ring (bicyclic) bond motifs is 1. The van der Waals surface area contributed by atoms with Crippen molar-refractivity contribution in [2.75, 3.05) is 7.11 Å². The van der Waals surface area contributed by atoms with E-state index in [9.17, 15) is 14.4 Å². The number of aryl methyl sites for hydroxylation is 1. The molecule has 0 heterocycles. The van der Waals surface area contributed by atoms with Crippen LogP contribution in [-0.2, 0) is 33.8 Å². The maximum atomic E-state index is 12.6. The summed E-state index contributed by atoms with van der Waals surface area (Å²) in [5, 5.41) is 3.05. The van der Waals surface area contributed by atoms with E-state index in [2.05, 4.69) is 17.4 Å². The normalized spacial score (nSPS) is 15.4. The monoisotopic (exact) mass is 511 g/mol. The van der Waals surface area contributed by atoms with Crippen LogP contribution in [0.5, 0.6) is 5.75 Å². The van der Waals surface area contributed by atoms with Gasteiger partial charge < -0.3 is 14.8 Å². The molecule has 1 amide bonds. The van der Waals surface area contributed by atoms with Gasteiger partial charge in [-0.25, -0.2) is 4.79 Å². The van der Waals surface area contributed by atoms with E-state index in [0.717, 1.165) is 30.4 Å². The second-order valence-electron chi connectivity index (χ2n) is 9.61. The van der Waals surface area contributed by atoms with E-state index in [1.54, 1.807) is 12.1 Å². The molecule has 0 aliphatic heterocycles. The van der Waals surface area contributed by atoms with Gasteiger partial charge in [0, 0.05) is 12.0 Å². The van der Waals surface area contributed by atoms with Crippen molar-refractivity contribution in [1.29, 1.82) is 0 Å². The molecule has 0 spiro atoms. The number of benzene rings is 3. The lowest BCUT2D eigenvalue weighted by Gasteiger charge is -2.25. The largest absolute Gasteiger partial charge is 0.489 e. The number of ether oxygens (including phenoxy) is 2. The highest BCUT2D eigenvalue weighted by atomic mass is 16.5. The van der Waals surface area contributed by atoms with Crippen molar-refractivity contribution in [3.05, 3.63) is 113 Å². The van der Waals surface area contributed by atoms with Gasteiger partial charge in [-0.3, -0.25) is 9.59 Å². The SMILES string of the molecule is COC(=O)c1ccc(COc2ccc(CC(C)C(=O)/C=C/C(=O)NC3CCCc4ccccc43)cc2)cc1. The molecular formula is C32H33NO5. The third kappa shape index (κ3) is 7.19. The lowest BCUT2D eigenvalue weighted by Crippen LogP contribution is -2.29. The number of amides is 1. The summed E-state index contributed by atoms with van der Waals surface area (Å²) in [6.07, 6.45) is 6.28. The predicted molar refractivity (Wildman–Crippen MR) is 146 cm³/mol. The molecule has 3 aromatic rings. The van der Waals surface area contributed by atoms with Gasteiger partial charge in [0.1, 0.15) is 12.4 Å². The first-order valence-corrected chi connectivity index (χ1v) is 12.9. The van der Waals surface area contributed by atoms with Crippen molar-refractivity contribution >= 4 is 17.7 Å². The molecule has 1 aliphatic carbocycles. The fourth-order valence-corrected chi connectivity index (χ4v) is 4.64. The fourth-order valence-electron chi connectivity index (χ4n) is 4.64. The summed E-state index contributed by atoms with van der Waals surface area (Å²) < 4.78 is 10.5. The van der Waals surface area contributed by atoms with Crippen LogP contribution in [0.1, 0.15) is 58.4 Å². The summed E-state index contributed by atoms with van der Waals surface area (Å²) in [5.74, 6) is -0.237. The third-order valence-electron chi connectivity index (χ3n) is 6.82. The Kier molecular flexibility index (Phi) is 9.09. The highest BCUT2D eigenvalue weighted by molar-refractivity contribution is 5.98. The third-order valence-corrected chi connectivity index (χ3v) is 6.82. The number of ketones is 1. The maximum absolute atomic E-state index is 12.6. The molecule has 0 saturated heterocycles. The van der Waals surface area contributed by atoms with E-state index in [4.69, 9.17) is 9.47 Å². The lowest BCUT2D eigenvalue weighted by molar-refractivity contribution is -0.119. The lowest BCUT2D eigenvalue weighted by atomic mass is 9.88. The number of carbonyl (C=O) groups is 3. The summed E-state index contributed by atoms with van der Waals surface area (Å²) in [7, 11) is 1.35. The summed E-state index contributed by atoms with van der Waals surface area (Å²) in [4.78, 5) is 36.7. The molecule has 4 rings (SSSR count). The van der Waals surface area contributed by atoms with Crippen LogP contribution >= 0.6 is 0 Å². The highest BCUT2D eigenvalue weighted by Gasteiger charge is 2.20. The van der Waals surface area contributed by atoms with Gasteiger partial charge >= 0.3 is 5.97 Å². The molecule has 196 valence electrons. The topological polar surface area (TPSA) is 81.7 Å². The summed E-state index contributed by atoms with van der Waals surface area (Å²) in [6.45, 7) is 2.24. The van der Waals surface area contributed by atoms with E-state index < -0.39 is 0 Å². The van der Waals surface area contributed by atoms with Crippen LogP contribution in [0.4, 0.5) is 0 Å². The van der Waals surface area contributed by atoms with Gasteiger partial charge in [-0.2, -0.15) is 0 Å². The Balaban J connectivity index is 1.23. The fraction of sp³-hybridized carbons (Fsp3) is 0.281. The van der Waals surface area contributed by atoms with E-state index in [1.807, 2.05) is 55.5 Å². The standard InChI is InChI=1S/C32H33NO5/c1-22(30(34)18-19-31(35)33-29-9-5-7-25-6-3-4-8-28(25)29)20-23-12-16-27(17-13-23)38-21-24-10-14-26(15-11-24)32(36)37-2/h3-4,6,8,10-19,22,29H,5,7,9,20-21H2,1-2H3,(H,33,35)/b19-18+. The Labute approximate surface area is 223 Å². The quantitative estimate of drug-likeness (QED) is 0.285. The zero-order valence-electron chi connectivity index (χ0n) is 21.8. The summed E-state index contributed by atoms with van der Waals surface area (Å²) in [6, 6.07) is 22.9. The Bertz CT molecular complexity index is 1290. The van der Waals surface area contributed by atoms with Crippen molar-refractivity contribution in [1.82, 2.24) is 5.32 Å². The predicted octanol–water partition coefficient (Wildman–Crippen LogP) is 5.55. The van der Waals surface area contributed by atoms with Crippen molar-refractivity contribution in [2.45, 2.75) is 45.3 Å². The van der Waals surface area contributed by atoms with E-state index in [-0.39, 0.29) is 29.6 Å². The second-order valence-corrected chi connectivity index (χ2v) is 9.61. The second kappa shape index (κ2) is 12.9. The minimum atomic E-state index is -0.370. The smallest absolute Gasteiger partial charge is 0.337 e. The van der Waals surface area contributed by atoms with Gasteiger partial charge in [0.05, 0.1) is 18.7 Å². The molecule has 0 radical (unpaired) electrons. The van der Waals surface area contributed by atoms with Gasteiger partial charge in [-0.1, -0.05) is 55.5 Å². The van der Waals surface area contributed by atoms with Crippen LogP contribution in [0, 0.1) is 5.92 Å². The maximum Gasteiger partial charge on any atom is 0.337 e. The van der Waals surface area contributed by atoms with Gasteiger partial charge in [-0.05, 0) is 78.3 Å². The summed E-state index contributed by atoms with van der Waals surface area (Å²) >= 11 is 0. The number of hydrogen-bond acceptors (Lipinski definition) is 5. The van der Waals surface area contributed by atoms with Crippen molar-refractivity contribution in [2.24, 2.45) is 5.92 Å². The minimum Gasteiger partial charge on any atom is -0.489 e. The molecule has 2 unspecified atom stereocenters. The Morgan fingerprint density at radius 2 is 1.66 bits per heavy atom. The molecule has 0 bridgehead atoms. The molecule has 1 N–H and O–H groups in total. The van der Waals surface area contributed by atoms with Crippen molar-refractivity contribution in [3.8, 4) is 5.75 Å². The average Bonchev–Trinajstić information content (AvgIpc) is 2.95. The van der Waals surface area contributed by atoms with Gasteiger partial charge in [-0.15, -0.1) is 0 Å². The molecule has 0 fully saturated rings.